The topological polar surface area (TPSA) is 134 Å². The first-order valence-electron chi connectivity index (χ1n) is 13.0. The van der Waals surface area contributed by atoms with E-state index in [1.54, 1.807) is 12.2 Å². The van der Waals surface area contributed by atoms with E-state index in [0.29, 0.717) is 25.7 Å². The lowest BCUT2D eigenvalue weighted by molar-refractivity contribution is -0.492. The van der Waals surface area contributed by atoms with Crippen LogP contribution < -0.4 is 0 Å². The number of nitrogens with zero attached hydrogens (tertiary/aromatic N) is 1. The number of ketones is 2. The molecule has 3 saturated carbocycles. The van der Waals surface area contributed by atoms with Gasteiger partial charge in [0.15, 0.2) is 18.2 Å². The molecule has 4 aliphatic rings. The van der Waals surface area contributed by atoms with Gasteiger partial charge >= 0.3 is 5.97 Å². The Morgan fingerprint density at radius 1 is 1.17 bits per heavy atom. The second kappa shape index (κ2) is 10.1. The lowest BCUT2D eigenvalue weighted by atomic mass is 9.45. The number of esters is 1. The summed E-state index contributed by atoms with van der Waals surface area (Å²) in [7, 11) is 0. The van der Waals surface area contributed by atoms with Crippen LogP contribution in [0.2, 0.25) is 0 Å². The summed E-state index contributed by atoms with van der Waals surface area (Å²) in [4.78, 5) is 42.1. The minimum absolute atomic E-state index is 0.0138. The van der Waals surface area contributed by atoms with Crippen molar-refractivity contribution >= 4 is 17.5 Å². The van der Waals surface area contributed by atoms with Crippen molar-refractivity contribution in [2.45, 2.75) is 78.2 Å². The normalized spacial score (nSPS) is 39.3. The van der Waals surface area contributed by atoms with E-state index in [1.165, 1.54) is 0 Å². The number of Topliss-reactive ketones (excluding diaryl/α,β-unsaturated/α-hetero) is 1. The molecule has 0 aromatic carbocycles. The fourth-order valence-corrected chi connectivity index (χ4v) is 7.92. The molecule has 0 bridgehead atoms. The van der Waals surface area contributed by atoms with Gasteiger partial charge in [0, 0.05) is 23.2 Å². The van der Waals surface area contributed by atoms with Crippen LogP contribution in [0.3, 0.4) is 0 Å². The highest BCUT2D eigenvalue weighted by Gasteiger charge is 2.66. The van der Waals surface area contributed by atoms with E-state index in [4.69, 9.17) is 15.2 Å². The monoisotopic (exact) mass is 505 g/mol. The van der Waals surface area contributed by atoms with Gasteiger partial charge < -0.3 is 9.84 Å². The van der Waals surface area contributed by atoms with Crippen molar-refractivity contribution in [2.75, 3.05) is 13.2 Å². The second-order valence-corrected chi connectivity index (χ2v) is 11.7. The van der Waals surface area contributed by atoms with Crippen molar-refractivity contribution in [1.82, 2.24) is 5.39 Å². The smallest absolute Gasteiger partial charge is 0.306 e. The second-order valence-electron chi connectivity index (χ2n) is 11.7. The molecule has 0 unspecified atom stereocenters. The Kier molecular flexibility index (Phi) is 7.61. The SMILES string of the molecule is C[C@]12C=CC(=O)C=C1CC[C@@H]1[C@@H]2[C@@H](O)C[C@@]2(C)[C@H]1CC[C@]2(C)C(=O)COC(=O)CCCCON(O)O. The molecule has 0 aromatic heterocycles. The Morgan fingerprint density at radius 3 is 2.64 bits per heavy atom. The highest BCUT2D eigenvalue weighted by molar-refractivity contribution is 6.01. The number of allylic oxidation sites excluding steroid dienone is 4. The maximum absolute atomic E-state index is 13.5. The summed E-state index contributed by atoms with van der Waals surface area (Å²) in [5.41, 5.74) is -0.327. The van der Waals surface area contributed by atoms with Gasteiger partial charge in [-0.05, 0) is 74.3 Å². The van der Waals surface area contributed by atoms with Crippen LogP contribution in [-0.4, -0.2) is 57.8 Å². The molecule has 9 nitrogen and oxygen atoms in total. The number of unbranched alkanes of at least 4 members (excludes halogenated alkanes) is 1. The molecule has 0 aliphatic heterocycles. The van der Waals surface area contributed by atoms with Crippen molar-refractivity contribution in [3.63, 3.8) is 0 Å². The molecule has 200 valence electrons. The summed E-state index contributed by atoms with van der Waals surface area (Å²) in [5.74, 6) is -0.0115. The van der Waals surface area contributed by atoms with Crippen LogP contribution in [0.1, 0.15) is 72.1 Å². The number of hydrogen-bond donors (Lipinski definition) is 3. The third-order valence-corrected chi connectivity index (χ3v) is 10.1. The number of aliphatic hydroxyl groups is 1. The van der Waals surface area contributed by atoms with Gasteiger partial charge in [-0.15, -0.1) is 0 Å². The van der Waals surface area contributed by atoms with Crippen molar-refractivity contribution in [3.8, 4) is 0 Å². The molecule has 0 saturated heterocycles. The zero-order chi connectivity index (χ0) is 26.3. The average molecular weight is 506 g/mol. The zero-order valence-corrected chi connectivity index (χ0v) is 21.4. The summed E-state index contributed by atoms with van der Waals surface area (Å²) < 4.78 is 5.31. The minimum Gasteiger partial charge on any atom is -0.458 e. The van der Waals surface area contributed by atoms with Gasteiger partial charge in [0.1, 0.15) is 0 Å². The van der Waals surface area contributed by atoms with Crippen LogP contribution in [0.5, 0.6) is 0 Å². The lowest BCUT2D eigenvalue weighted by Crippen LogP contribution is -2.58. The van der Waals surface area contributed by atoms with Crippen LogP contribution in [-0.2, 0) is 24.0 Å². The largest absolute Gasteiger partial charge is 0.458 e. The van der Waals surface area contributed by atoms with E-state index in [2.05, 4.69) is 18.7 Å². The van der Waals surface area contributed by atoms with Gasteiger partial charge in [-0.2, -0.15) is 0 Å². The van der Waals surface area contributed by atoms with Crippen molar-refractivity contribution in [2.24, 2.45) is 34.0 Å². The van der Waals surface area contributed by atoms with Gasteiger partial charge in [-0.25, -0.2) is 0 Å². The van der Waals surface area contributed by atoms with Gasteiger partial charge in [0.2, 0.25) is 0 Å². The van der Waals surface area contributed by atoms with Crippen LogP contribution in [0.4, 0.5) is 0 Å². The first kappa shape index (κ1) is 27.1. The number of fused-ring (bicyclic) bond motifs is 5. The predicted molar refractivity (Wildman–Crippen MR) is 127 cm³/mol. The molecule has 3 fully saturated rings. The van der Waals surface area contributed by atoms with E-state index in [1.807, 2.05) is 13.0 Å². The van der Waals surface area contributed by atoms with Gasteiger partial charge in [-0.3, -0.25) is 29.6 Å². The summed E-state index contributed by atoms with van der Waals surface area (Å²) in [6.45, 7) is 6.00. The minimum atomic E-state index is -0.696. The molecule has 36 heavy (non-hydrogen) atoms. The Balaban J connectivity index is 1.41. The summed E-state index contributed by atoms with van der Waals surface area (Å²) in [6, 6.07) is 0. The van der Waals surface area contributed by atoms with Crippen molar-refractivity contribution in [1.29, 1.82) is 0 Å². The molecule has 4 aliphatic carbocycles. The molecule has 0 spiro atoms. The number of rotatable bonds is 9. The standard InChI is InChI=1S/C27H39NO8/c1-25-11-9-18(29)14-17(25)7-8-19-20-10-12-26(2,27(20,3)15-21(30)24(19)25)22(31)16-35-23(32)6-4-5-13-36-28(33)34/h9,11,14,19-21,24,30,33-34H,4-8,10,12-13,15-16H2,1-3H3/t19-,20-,21-,24+,25-,26+,27-/m0/s1. The van der Waals surface area contributed by atoms with Gasteiger partial charge in [-0.1, -0.05) is 32.4 Å². The molecule has 9 heteroatoms. The third kappa shape index (κ3) is 4.60. The lowest BCUT2D eigenvalue weighted by Gasteiger charge is -2.60. The maximum Gasteiger partial charge on any atom is 0.306 e. The summed E-state index contributed by atoms with van der Waals surface area (Å²) in [6.07, 6.45) is 9.57. The van der Waals surface area contributed by atoms with Crippen LogP contribution in [0.25, 0.3) is 0 Å². The van der Waals surface area contributed by atoms with Crippen molar-refractivity contribution in [3.05, 3.63) is 23.8 Å². The fourth-order valence-electron chi connectivity index (χ4n) is 7.92. The zero-order valence-electron chi connectivity index (χ0n) is 21.4. The molecular formula is C27H39NO8. The Labute approximate surface area is 212 Å². The highest BCUT2D eigenvalue weighted by Crippen LogP contribution is 2.69. The molecule has 0 aromatic rings. The molecule has 0 amide bonds. The predicted octanol–water partition coefficient (Wildman–Crippen LogP) is 3.57. The fraction of sp³-hybridized carbons (Fsp3) is 0.741. The molecule has 7 atom stereocenters. The summed E-state index contributed by atoms with van der Waals surface area (Å²) >= 11 is 0. The van der Waals surface area contributed by atoms with Crippen molar-refractivity contribution < 1.29 is 39.5 Å². The van der Waals surface area contributed by atoms with Crippen LogP contribution in [0, 0.1) is 34.0 Å². The van der Waals surface area contributed by atoms with E-state index >= 15 is 0 Å². The van der Waals surface area contributed by atoms with E-state index in [-0.39, 0.29) is 59.8 Å². The maximum atomic E-state index is 13.5. The summed E-state index contributed by atoms with van der Waals surface area (Å²) in [5, 5.41) is 28.1. The highest BCUT2D eigenvalue weighted by atomic mass is 17.1. The number of aliphatic hydroxyl groups excluding tert-OH is 1. The molecule has 0 heterocycles. The molecule has 0 radical (unpaired) electrons. The Bertz CT molecular complexity index is 959. The quantitative estimate of drug-likeness (QED) is 0.244. The van der Waals surface area contributed by atoms with Gasteiger partial charge in [0.05, 0.1) is 18.1 Å². The molecule has 3 N–H and O–H groups in total. The molecular weight excluding hydrogens is 466 g/mol. The average Bonchev–Trinajstić information content (AvgIpc) is 3.08. The number of hydrogen-bond acceptors (Lipinski definition) is 9. The number of carbonyl (C=O) groups is 3. The molecule has 4 rings (SSSR count). The van der Waals surface area contributed by atoms with Crippen LogP contribution >= 0.6 is 0 Å². The first-order valence-corrected chi connectivity index (χ1v) is 13.0. The third-order valence-electron chi connectivity index (χ3n) is 10.1. The van der Waals surface area contributed by atoms with E-state index < -0.39 is 22.9 Å². The number of ether oxygens (including phenoxy) is 1. The van der Waals surface area contributed by atoms with Gasteiger partial charge in [0.25, 0.3) is 0 Å². The number of carbonyl (C=O) groups excluding carboxylic acids is 3. The first-order chi connectivity index (χ1) is 16.9. The van der Waals surface area contributed by atoms with E-state index in [9.17, 15) is 19.5 Å². The van der Waals surface area contributed by atoms with Crippen LogP contribution in [0.15, 0.2) is 23.8 Å². The Morgan fingerprint density at radius 2 is 1.92 bits per heavy atom. The van der Waals surface area contributed by atoms with E-state index in [0.717, 1.165) is 24.8 Å². The Hall–Kier alpha value is -1.91.